The molecule has 2 aliphatic rings. The highest BCUT2D eigenvalue weighted by atomic mass is 16.6. The van der Waals surface area contributed by atoms with Gasteiger partial charge in [0.2, 0.25) is 5.91 Å². The molecule has 1 saturated heterocycles. The molecule has 0 saturated carbocycles. The van der Waals surface area contributed by atoms with Crippen LogP contribution in [-0.4, -0.2) is 66.0 Å². The van der Waals surface area contributed by atoms with Crippen molar-refractivity contribution < 1.29 is 24.2 Å². The van der Waals surface area contributed by atoms with Gasteiger partial charge in [-0.15, -0.1) is 0 Å². The van der Waals surface area contributed by atoms with Crippen molar-refractivity contribution in [3.8, 4) is 28.4 Å². The lowest BCUT2D eigenvalue weighted by molar-refractivity contribution is -0.130. The van der Waals surface area contributed by atoms with Crippen LogP contribution in [0, 0.1) is 6.92 Å². The summed E-state index contributed by atoms with van der Waals surface area (Å²) >= 11 is 0. The van der Waals surface area contributed by atoms with E-state index in [0.717, 1.165) is 52.4 Å². The fourth-order valence-electron chi connectivity index (χ4n) is 4.97. The van der Waals surface area contributed by atoms with Gasteiger partial charge in [0.1, 0.15) is 19.0 Å². The molecule has 5 rings (SSSR count). The summed E-state index contributed by atoms with van der Waals surface area (Å²) in [5.41, 5.74) is 5.25. The minimum Gasteiger partial charge on any atom is -0.507 e. The molecule has 7 heteroatoms. The number of rotatable bonds is 6. The van der Waals surface area contributed by atoms with E-state index in [2.05, 4.69) is 4.90 Å². The molecule has 0 unspecified atom stereocenters. The quantitative estimate of drug-likeness (QED) is 0.381. The summed E-state index contributed by atoms with van der Waals surface area (Å²) < 4.78 is 11.4. The minimum atomic E-state index is -0.255. The molecule has 1 N–H and O–H groups in total. The second kappa shape index (κ2) is 11.1. The first-order chi connectivity index (χ1) is 18.4. The Kier molecular flexibility index (Phi) is 7.47. The lowest BCUT2D eigenvalue weighted by Crippen LogP contribution is -2.47. The number of amides is 1. The fourth-order valence-corrected chi connectivity index (χ4v) is 4.97. The van der Waals surface area contributed by atoms with E-state index in [-0.39, 0.29) is 23.0 Å². The Morgan fingerprint density at radius 2 is 1.71 bits per heavy atom. The summed E-state index contributed by atoms with van der Waals surface area (Å²) in [6, 6.07) is 17.1. The Morgan fingerprint density at radius 1 is 0.947 bits per heavy atom. The van der Waals surface area contributed by atoms with Crippen LogP contribution in [0.4, 0.5) is 0 Å². The van der Waals surface area contributed by atoms with E-state index in [1.54, 1.807) is 25.1 Å². The summed E-state index contributed by atoms with van der Waals surface area (Å²) in [5, 5.41) is 10.4. The van der Waals surface area contributed by atoms with Crippen LogP contribution >= 0.6 is 0 Å². The highest BCUT2D eigenvalue weighted by molar-refractivity contribution is 6.08. The van der Waals surface area contributed by atoms with E-state index >= 15 is 0 Å². The second-order valence-corrected chi connectivity index (χ2v) is 9.71. The third-order valence-electron chi connectivity index (χ3n) is 7.19. The van der Waals surface area contributed by atoms with E-state index in [4.69, 9.17) is 9.47 Å². The molecule has 7 nitrogen and oxygen atoms in total. The molecule has 38 heavy (non-hydrogen) atoms. The Labute approximate surface area is 222 Å². The molecular weight excluding hydrogens is 480 g/mol. The van der Waals surface area contributed by atoms with Crippen molar-refractivity contribution in [1.82, 2.24) is 9.80 Å². The van der Waals surface area contributed by atoms with Gasteiger partial charge < -0.3 is 19.5 Å². The lowest BCUT2D eigenvalue weighted by atomic mass is 9.95. The zero-order chi connectivity index (χ0) is 26.6. The number of ether oxygens (including phenoxy) is 2. The predicted molar refractivity (Wildman–Crippen MR) is 147 cm³/mol. The predicted octanol–water partition coefficient (Wildman–Crippen LogP) is 4.70. The molecule has 1 fully saturated rings. The van der Waals surface area contributed by atoms with Gasteiger partial charge >= 0.3 is 0 Å². The smallest absolute Gasteiger partial charge is 0.219 e. The molecule has 196 valence electrons. The summed E-state index contributed by atoms with van der Waals surface area (Å²) in [6.07, 6.45) is 3.31. The van der Waals surface area contributed by atoms with Crippen molar-refractivity contribution in [1.29, 1.82) is 0 Å². The molecule has 0 aliphatic carbocycles. The minimum absolute atomic E-state index is 0.0356. The van der Waals surface area contributed by atoms with Crippen LogP contribution in [0.2, 0.25) is 0 Å². The van der Waals surface area contributed by atoms with Crippen molar-refractivity contribution >= 4 is 17.8 Å². The average molecular weight is 513 g/mol. The van der Waals surface area contributed by atoms with Gasteiger partial charge in [-0.1, -0.05) is 36.4 Å². The summed E-state index contributed by atoms with van der Waals surface area (Å²) in [7, 11) is 0. The first-order valence-electron chi connectivity index (χ1n) is 12.9. The monoisotopic (exact) mass is 512 g/mol. The number of benzene rings is 3. The van der Waals surface area contributed by atoms with Gasteiger partial charge in [-0.25, -0.2) is 0 Å². The van der Waals surface area contributed by atoms with E-state index in [9.17, 15) is 14.7 Å². The third-order valence-corrected chi connectivity index (χ3v) is 7.19. The normalized spacial score (nSPS) is 15.6. The van der Waals surface area contributed by atoms with Crippen LogP contribution in [0.25, 0.3) is 17.2 Å². The maximum atomic E-state index is 13.1. The molecule has 0 aromatic heterocycles. The molecular formula is C31H32N2O5. The maximum Gasteiger partial charge on any atom is 0.219 e. The highest BCUT2D eigenvalue weighted by Crippen LogP contribution is 2.36. The van der Waals surface area contributed by atoms with Crippen molar-refractivity contribution in [2.24, 2.45) is 0 Å². The molecule has 0 bridgehead atoms. The number of ketones is 1. The van der Waals surface area contributed by atoms with Crippen LogP contribution in [0.1, 0.15) is 34.0 Å². The summed E-state index contributed by atoms with van der Waals surface area (Å²) in [4.78, 5) is 28.8. The number of piperazine rings is 1. The molecule has 2 heterocycles. The van der Waals surface area contributed by atoms with Crippen molar-refractivity contribution in [2.45, 2.75) is 20.4 Å². The van der Waals surface area contributed by atoms with Crippen LogP contribution in [0.3, 0.4) is 0 Å². The number of carbonyl (C=O) groups is 2. The van der Waals surface area contributed by atoms with Crippen LogP contribution in [0.15, 0.2) is 60.7 Å². The second-order valence-electron chi connectivity index (χ2n) is 9.71. The van der Waals surface area contributed by atoms with Gasteiger partial charge in [0.15, 0.2) is 17.3 Å². The topological polar surface area (TPSA) is 79.3 Å². The van der Waals surface area contributed by atoms with Gasteiger partial charge in [-0.2, -0.15) is 0 Å². The van der Waals surface area contributed by atoms with Gasteiger partial charge in [0, 0.05) is 39.6 Å². The first kappa shape index (κ1) is 25.5. The Balaban J connectivity index is 1.31. The number of allylic oxidation sites excluding steroid dienone is 1. The fraction of sp³-hybridized carbons (Fsp3) is 0.290. The number of fused-ring (bicyclic) bond motifs is 1. The van der Waals surface area contributed by atoms with Crippen molar-refractivity contribution in [3.05, 3.63) is 82.9 Å². The molecule has 1 amide bonds. The van der Waals surface area contributed by atoms with Crippen LogP contribution in [-0.2, 0) is 11.3 Å². The highest BCUT2D eigenvalue weighted by Gasteiger charge is 2.19. The van der Waals surface area contributed by atoms with Crippen LogP contribution in [0.5, 0.6) is 17.2 Å². The molecule has 3 aromatic carbocycles. The van der Waals surface area contributed by atoms with Crippen LogP contribution < -0.4 is 9.47 Å². The summed E-state index contributed by atoms with van der Waals surface area (Å²) in [6.45, 7) is 8.33. The number of phenolic OH excluding ortho intramolecular Hbond substituents is 1. The number of phenols is 1. The number of carbonyl (C=O) groups excluding carboxylic acids is 2. The standard InChI is InChI=1S/C31H32N2O5/c1-21-24(4-3-5-26(21)25-8-11-30-31(19-25)38-17-16-37-30)7-10-29(36)27-18-23(6-9-28(27)35)20-32-12-14-33(15-13-32)22(2)34/h3-11,18-19,35H,12-17,20H2,1-2H3/b10-7+. The van der Waals surface area contributed by atoms with E-state index in [1.807, 2.05) is 54.3 Å². The van der Waals surface area contributed by atoms with Crippen molar-refractivity contribution in [3.63, 3.8) is 0 Å². The zero-order valence-corrected chi connectivity index (χ0v) is 21.8. The maximum absolute atomic E-state index is 13.1. The Hall–Kier alpha value is -4.10. The SMILES string of the molecule is CC(=O)N1CCN(Cc2ccc(O)c(C(=O)/C=C/c3cccc(-c4ccc5c(c4)OCCO5)c3C)c2)CC1. The van der Waals surface area contributed by atoms with Gasteiger partial charge in [-0.05, 0) is 65.1 Å². The third kappa shape index (κ3) is 5.58. The number of aromatic hydroxyl groups is 1. The first-order valence-corrected chi connectivity index (χ1v) is 12.9. The molecule has 0 radical (unpaired) electrons. The summed E-state index contributed by atoms with van der Waals surface area (Å²) in [5.74, 6) is 1.29. The Bertz CT molecular complexity index is 1390. The zero-order valence-electron chi connectivity index (χ0n) is 21.8. The lowest BCUT2D eigenvalue weighted by Gasteiger charge is -2.34. The molecule has 3 aromatic rings. The van der Waals surface area contributed by atoms with Gasteiger partial charge in [-0.3, -0.25) is 14.5 Å². The van der Waals surface area contributed by atoms with Gasteiger partial charge in [0.25, 0.3) is 0 Å². The van der Waals surface area contributed by atoms with E-state index in [0.29, 0.717) is 32.8 Å². The number of hydrogen-bond acceptors (Lipinski definition) is 6. The average Bonchev–Trinajstić information content (AvgIpc) is 2.93. The van der Waals surface area contributed by atoms with Crippen molar-refractivity contribution in [2.75, 3.05) is 39.4 Å². The Morgan fingerprint density at radius 3 is 2.47 bits per heavy atom. The number of hydrogen-bond donors (Lipinski definition) is 1. The van der Waals surface area contributed by atoms with E-state index in [1.165, 1.54) is 6.08 Å². The molecule has 2 aliphatic heterocycles. The number of nitrogens with zero attached hydrogens (tertiary/aromatic N) is 2. The van der Waals surface area contributed by atoms with E-state index < -0.39 is 0 Å². The molecule has 0 spiro atoms. The van der Waals surface area contributed by atoms with Gasteiger partial charge in [0.05, 0.1) is 5.56 Å². The largest absolute Gasteiger partial charge is 0.507 e. The molecule has 0 atom stereocenters.